The van der Waals surface area contributed by atoms with Gasteiger partial charge < -0.3 is 57.5 Å². The third-order valence-corrected chi connectivity index (χ3v) is 27.0. The van der Waals surface area contributed by atoms with Crippen LogP contribution in [0.15, 0.2) is 152 Å². The molecule has 1 aliphatic carbocycles. The van der Waals surface area contributed by atoms with Gasteiger partial charge in [0.15, 0.2) is 0 Å². The lowest BCUT2D eigenvalue weighted by Crippen LogP contribution is -2.42. The molecule has 1 saturated carbocycles. The zero-order valence-electron chi connectivity index (χ0n) is 77.1. The van der Waals surface area contributed by atoms with Crippen LogP contribution in [0, 0.1) is 12.8 Å². The van der Waals surface area contributed by atoms with Gasteiger partial charge in [0, 0.05) is 104 Å². The van der Waals surface area contributed by atoms with Crippen LogP contribution >= 0.6 is 0 Å². The van der Waals surface area contributed by atoms with Crippen molar-refractivity contribution in [1.82, 2.24) is 39.5 Å². The van der Waals surface area contributed by atoms with Gasteiger partial charge in [-0.2, -0.15) is 39.5 Å². The molecule has 6 atom stereocenters. The van der Waals surface area contributed by atoms with E-state index in [4.69, 9.17) is 52.8 Å². The summed E-state index contributed by atoms with van der Waals surface area (Å²) in [7, 11) is 7.54. The third kappa shape index (κ3) is 21.4. The quantitative estimate of drug-likeness (QED) is 0.0277. The fourth-order valence-corrected chi connectivity index (χ4v) is 18.5. The van der Waals surface area contributed by atoms with E-state index in [2.05, 4.69) is 26.9 Å². The van der Waals surface area contributed by atoms with Gasteiger partial charge in [0.1, 0.15) is 47.2 Å². The molecule has 25 nitrogen and oxygen atoms in total. The predicted octanol–water partition coefficient (Wildman–Crippen LogP) is 20.4. The van der Waals surface area contributed by atoms with Crippen molar-refractivity contribution in [3.8, 4) is 50.6 Å². The molecule has 0 unspecified atom stereocenters. The van der Waals surface area contributed by atoms with Crippen LogP contribution in [0.2, 0.25) is 0 Å². The number of ether oxygens (including phenoxy) is 8. The number of pyridine rings is 2. The average molecular weight is 1870 g/mol. The predicted molar refractivity (Wildman–Crippen MR) is 485 cm³/mol. The molecule has 7 saturated heterocycles. The Hall–Kier alpha value is -12.9. The minimum Gasteiger partial charge on any atom is -0.496 e. The van der Waals surface area contributed by atoms with Crippen molar-refractivity contribution in [2.75, 3.05) is 103 Å². The van der Waals surface area contributed by atoms with Gasteiger partial charge in [-0.05, 0) is 222 Å². The first-order valence-electron chi connectivity index (χ1n) is 45.4. The van der Waals surface area contributed by atoms with Crippen molar-refractivity contribution in [3.05, 3.63) is 225 Å². The summed E-state index contributed by atoms with van der Waals surface area (Å²) in [5.41, 5.74) is 7.59. The lowest BCUT2D eigenvalue weighted by Gasteiger charge is -2.33. The zero-order chi connectivity index (χ0) is 96.3. The maximum absolute atomic E-state index is 13.6. The van der Waals surface area contributed by atoms with Gasteiger partial charge in [0.05, 0.1) is 119 Å². The van der Waals surface area contributed by atoms with E-state index in [0.29, 0.717) is 64.2 Å². The summed E-state index contributed by atoms with van der Waals surface area (Å²) < 4.78 is 165. The van der Waals surface area contributed by atoms with Crippen molar-refractivity contribution < 1.29 is 106 Å². The summed E-state index contributed by atoms with van der Waals surface area (Å²) in [5, 5.41) is 0. The summed E-state index contributed by atoms with van der Waals surface area (Å²) in [6, 6.07) is 37.3. The molecule has 0 bridgehead atoms. The number of nitrogens with zero attached hydrogens (tertiary/aromatic N) is 11. The summed E-state index contributed by atoms with van der Waals surface area (Å²) in [6.07, 6.45) is -7.79. The largest absolute Gasteiger partial charge is 0.496 e. The van der Waals surface area contributed by atoms with Crippen LogP contribution in [0.4, 0.5) is 71.5 Å². The first kappa shape index (κ1) is 96.7. The summed E-state index contributed by atoms with van der Waals surface area (Å²) in [4.78, 5) is 109. The van der Waals surface area contributed by atoms with Gasteiger partial charge in [0.2, 0.25) is 11.9 Å². The number of carbonyl (C=O) groups is 6. The van der Waals surface area contributed by atoms with Crippen LogP contribution in [-0.4, -0.2) is 182 Å². The molecular weight excluding hydrogens is 1760 g/mol. The summed E-state index contributed by atoms with van der Waals surface area (Å²) >= 11 is 0. The highest BCUT2D eigenvalue weighted by Gasteiger charge is 2.47. The lowest BCUT2D eigenvalue weighted by atomic mass is 9.78. The van der Waals surface area contributed by atoms with E-state index >= 15 is 0 Å². The van der Waals surface area contributed by atoms with Crippen LogP contribution in [-0.2, 0) is 88.1 Å². The number of aromatic nitrogens is 4. The van der Waals surface area contributed by atoms with Crippen LogP contribution in [0.1, 0.15) is 196 Å². The SMILES string of the molecule is COC(=O)C1CCC(c2ccc(OC)c(-c3ccc(N4CCC4)nc3CN3C(=O)O[C@H](c4cccc(C(F)(F)F)c4)[C@@H]3C)c2)CC1.COC(=O)CC(C)(C)c1ccc(OC)c(-c2ccc(N3CCC3)nc2CN2C(=O)O[C@H](c3cccc(C(F)(F)F)c3)[C@@H]2C)c1.COc1ccc(CCC(=O)N2CCC2)cc1-c1cnc(N2CCC2)nc1CN1C(=O)O[C@H](c2cc(C)cc(C(F)(F)F)c2)[C@@H]1C. The highest BCUT2D eigenvalue weighted by Crippen LogP contribution is 2.48. The van der Waals surface area contributed by atoms with Gasteiger partial charge in [-0.15, -0.1) is 0 Å². The number of amides is 4. The lowest BCUT2D eigenvalue weighted by molar-refractivity contribution is -0.146. The fourth-order valence-electron chi connectivity index (χ4n) is 18.5. The number of hydrogen-bond donors (Lipinski definition) is 0. The number of methoxy groups -OCH3 is 5. The second-order valence-corrected chi connectivity index (χ2v) is 36.1. The smallest absolute Gasteiger partial charge is 0.416 e. The standard InChI is InChI=1S/C35H38F3N3O5.C33H36F3N5O4.C33H36F3N3O5/c1-21-32(25-6-4-7-26(18-25)35(36,37)38)46-34(43)41(21)20-29-27(13-15-31(39-29)40-16-5-17-40)28-19-24(12-14-30(28)44-2)22-8-10-23(11-9-22)33(42)45-3;1-20-14-23(17-24(15-20)33(34,35)36)30-21(2)41(32(43)45-30)19-27-26(18-37-31(38-27)40-12-5-13-40)25-16-22(6-8-28(25)44-3)7-9-29(42)39-10-4-11-39;1-20-30(21-8-6-9-23(16-21)33(34,35)36)44-31(41)39(20)19-26-24(11-13-28(37-26)38-14-7-15-38)25-17-22(10-12-27(25)42-4)32(2,3)18-29(40)43-5/h4,6-7,12-15,18-19,21-23,32H,5,8-11,16-17,20H2,1-3H3;6,8,14-18,21,30H,4-5,7,9-13,19H2,1-3H3;6,8-13,16-17,20,30H,7,14-15,18-19H2,1-5H3/t21-,22?,23?,32-;21-,30-;20-,30-/m000/s1. The number of likely N-dealkylation sites (tertiary alicyclic amines) is 1. The second kappa shape index (κ2) is 40.3. The van der Waals surface area contributed by atoms with E-state index in [1.54, 1.807) is 67.4 Å². The number of aryl methyl sites for hydroxylation is 2. The average Bonchev–Trinajstić information content (AvgIpc) is 1.72. The van der Waals surface area contributed by atoms with Crippen molar-refractivity contribution in [2.24, 2.45) is 5.92 Å². The molecule has 10 heterocycles. The maximum atomic E-state index is 13.6. The Balaban J connectivity index is 0.000000154. The Labute approximate surface area is 777 Å². The van der Waals surface area contributed by atoms with Crippen LogP contribution in [0.3, 0.4) is 0 Å². The maximum Gasteiger partial charge on any atom is 0.416 e. The molecule has 0 N–H and O–H groups in total. The Kier molecular flexibility index (Phi) is 28.9. The minimum absolute atomic E-state index is 0.0496. The van der Waals surface area contributed by atoms with E-state index in [1.165, 1.54) is 47.1 Å². The normalized spacial score (nSPS) is 20.5. The first-order valence-corrected chi connectivity index (χ1v) is 45.4. The Morgan fingerprint density at radius 3 is 1.34 bits per heavy atom. The van der Waals surface area contributed by atoms with Gasteiger partial charge in [-0.1, -0.05) is 67.9 Å². The first-order chi connectivity index (χ1) is 64.4. The van der Waals surface area contributed by atoms with E-state index in [1.807, 2.05) is 90.4 Å². The number of anilines is 3. The molecule has 7 aliphatic heterocycles. The molecule has 0 radical (unpaired) electrons. The van der Waals surface area contributed by atoms with Crippen LogP contribution in [0.5, 0.6) is 17.2 Å². The number of cyclic esters (lactones) is 3. The Morgan fingerprint density at radius 2 is 0.889 bits per heavy atom. The fraction of sp³-hybridized carbons (Fsp3) is 0.446. The van der Waals surface area contributed by atoms with Crippen molar-refractivity contribution in [1.29, 1.82) is 0 Å². The highest BCUT2D eigenvalue weighted by molar-refractivity contribution is 5.81. The number of benzene rings is 6. The highest BCUT2D eigenvalue weighted by atomic mass is 19.4. The molecule has 4 amide bonds. The number of alkyl halides is 9. The Morgan fingerprint density at radius 1 is 0.437 bits per heavy atom. The molecule has 716 valence electrons. The minimum atomic E-state index is -4.52. The monoisotopic (exact) mass is 1870 g/mol. The topological polar surface area (TPSA) is 250 Å². The zero-order valence-corrected chi connectivity index (χ0v) is 77.1. The third-order valence-electron chi connectivity index (χ3n) is 27.0. The Bertz CT molecular complexity index is 5880. The number of carbonyl (C=O) groups excluding carboxylic acids is 6. The van der Waals surface area contributed by atoms with Gasteiger partial charge in [-0.25, -0.2) is 34.3 Å². The molecule has 0 spiro atoms. The van der Waals surface area contributed by atoms with E-state index in [0.717, 1.165) is 196 Å². The number of rotatable bonds is 26. The van der Waals surface area contributed by atoms with Crippen molar-refractivity contribution >= 4 is 53.7 Å². The number of esters is 2. The van der Waals surface area contributed by atoms with Crippen molar-refractivity contribution in [3.63, 3.8) is 0 Å². The number of halogens is 9. The van der Waals surface area contributed by atoms with Crippen LogP contribution in [0.25, 0.3) is 33.4 Å². The summed E-state index contributed by atoms with van der Waals surface area (Å²) in [6.45, 7) is 17.8. The molecule has 3 aromatic heterocycles. The summed E-state index contributed by atoms with van der Waals surface area (Å²) in [5.74, 6) is 3.78. The van der Waals surface area contributed by atoms with Gasteiger partial charge in [-0.3, -0.25) is 29.1 Å². The second-order valence-electron chi connectivity index (χ2n) is 36.1. The van der Waals surface area contributed by atoms with Gasteiger partial charge >= 0.3 is 48.7 Å². The molecule has 8 fully saturated rings. The van der Waals surface area contributed by atoms with Crippen LogP contribution < -0.4 is 28.9 Å². The molecule has 17 rings (SSSR count). The molecule has 135 heavy (non-hydrogen) atoms. The number of hydrogen-bond acceptors (Lipinski definition) is 21. The molecule has 8 aliphatic rings. The molecule has 34 heteroatoms. The van der Waals surface area contributed by atoms with E-state index in [9.17, 15) is 68.3 Å². The van der Waals surface area contributed by atoms with Crippen molar-refractivity contribution in [2.45, 2.75) is 198 Å². The molecule has 6 aromatic carbocycles. The van der Waals surface area contributed by atoms with Gasteiger partial charge in [0.25, 0.3) is 0 Å². The molecular formula is C101H110F9N11O14. The molecule has 9 aromatic rings. The van der Waals surface area contributed by atoms with E-state index in [-0.39, 0.29) is 72.4 Å². The van der Waals surface area contributed by atoms with E-state index < -0.39 is 95.4 Å².